The quantitative estimate of drug-likeness (QED) is 0.609. The van der Waals surface area contributed by atoms with Crippen molar-refractivity contribution in [1.82, 2.24) is 5.16 Å². The molecule has 1 aliphatic rings. The lowest BCUT2D eigenvalue weighted by Gasteiger charge is -2.09. The van der Waals surface area contributed by atoms with E-state index in [1.54, 1.807) is 7.11 Å². The number of rotatable bonds is 6. The summed E-state index contributed by atoms with van der Waals surface area (Å²) in [4.78, 5) is 1.04. The van der Waals surface area contributed by atoms with Gasteiger partial charge in [0.25, 0.3) is 0 Å². The predicted octanol–water partition coefficient (Wildman–Crippen LogP) is 5.40. The lowest BCUT2D eigenvalue weighted by molar-refractivity contribution is 0.404. The zero-order chi connectivity index (χ0) is 16.5. The first kappa shape index (κ1) is 15.4. The first-order valence-electron chi connectivity index (χ1n) is 8.27. The van der Waals surface area contributed by atoms with Gasteiger partial charge in [0.2, 0.25) is 0 Å². The minimum Gasteiger partial charge on any atom is -0.496 e. The molecule has 0 bridgehead atoms. The third-order valence-corrected chi connectivity index (χ3v) is 5.27. The van der Waals surface area contributed by atoms with Crippen molar-refractivity contribution in [1.29, 1.82) is 0 Å². The maximum absolute atomic E-state index is 5.50. The molecule has 24 heavy (non-hydrogen) atoms. The second-order valence-corrected chi connectivity index (χ2v) is 6.95. The Morgan fingerprint density at radius 1 is 1.25 bits per heavy atom. The van der Waals surface area contributed by atoms with Crippen molar-refractivity contribution < 1.29 is 9.26 Å². The smallest absolute Gasteiger partial charge is 0.187 e. The van der Waals surface area contributed by atoms with Crippen LogP contribution in [0.5, 0.6) is 5.75 Å². The topological polar surface area (TPSA) is 47.3 Å². The molecule has 0 atom stereocenters. The number of hydrogen-bond acceptors (Lipinski definition) is 5. The molecule has 4 rings (SSSR count). The third-order valence-electron chi connectivity index (χ3n) is 4.44. The number of nitrogens with one attached hydrogen (secondary N) is 1. The zero-order valence-electron chi connectivity index (χ0n) is 13.8. The summed E-state index contributed by atoms with van der Waals surface area (Å²) in [7, 11) is 1.69. The fraction of sp³-hybridized carbons (Fsp3) is 0.316. The minimum absolute atomic E-state index is 0.714. The summed E-state index contributed by atoms with van der Waals surface area (Å²) in [6, 6.07) is 12.6. The minimum atomic E-state index is 0.714. The molecule has 1 fully saturated rings. The van der Waals surface area contributed by atoms with Crippen LogP contribution in [0.2, 0.25) is 0 Å². The van der Waals surface area contributed by atoms with Gasteiger partial charge in [-0.15, -0.1) is 0 Å². The van der Waals surface area contributed by atoms with E-state index in [9.17, 15) is 0 Å². The monoisotopic (exact) mass is 340 g/mol. The number of benzene rings is 2. The van der Waals surface area contributed by atoms with Crippen molar-refractivity contribution in [3.05, 3.63) is 47.5 Å². The van der Waals surface area contributed by atoms with Gasteiger partial charge in [0, 0.05) is 0 Å². The van der Waals surface area contributed by atoms with Crippen molar-refractivity contribution in [2.24, 2.45) is 0 Å². The number of aryl methyl sites for hydroxylation is 1. The average molecular weight is 340 g/mol. The summed E-state index contributed by atoms with van der Waals surface area (Å²) >= 11 is 1.50. The Morgan fingerprint density at radius 3 is 2.88 bits per heavy atom. The average Bonchev–Trinajstić information content (AvgIpc) is 3.40. The Hall–Kier alpha value is -2.14. The van der Waals surface area contributed by atoms with Crippen LogP contribution in [-0.4, -0.2) is 12.3 Å². The highest BCUT2D eigenvalue weighted by Crippen LogP contribution is 2.41. The summed E-state index contributed by atoms with van der Waals surface area (Å²) in [5.41, 5.74) is 3.48. The Kier molecular flexibility index (Phi) is 4.10. The van der Waals surface area contributed by atoms with Crippen LogP contribution in [0, 0.1) is 0 Å². The van der Waals surface area contributed by atoms with Crippen LogP contribution in [0.4, 0.5) is 5.82 Å². The van der Waals surface area contributed by atoms with E-state index < -0.39 is 0 Å². The summed E-state index contributed by atoms with van der Waals surface area (Å²) in [5, 5.41) is 5.19. The summed E-state index contributed by atoms with van der Waals surface area (Å²) in [6.07, 6.45) is 3.57. The Labute approximate surface area is 145 Å². The van der Waals surface area contributed by atoms with E-state index in [0.29, 0.717) is 5.92 Å². The molecule has 1 aliphatic carbocycles. The molecular formula is C19H20N2O2S. The van der Waals surface area contributed by atoms with Crippen molar-refractivity contribution in [3.8, 4) is 5.75 Å². The zero-order valence-corrected chi connectivity index (χ0v) is 14.7. The number of methoxy groups -OCH3 is 1. The van der Waals surface area contributed by atoms with Crippen LogP contribution < -0.4 is 9.46 Å². The fourth-order valence-electron chi connectivity index (χ4n) is 2.82. The summed E-state index contributed by atoms with van der Waals surface area (Å²) in [5.74, 6) is 2.32. The number of hydrogen-bond donors (Lipinski definition) is 1. The van der Waals surface area contributed by atoms with Gasteiger partial charge in [0.15, 0.2) is 11.4 Å². The molecule has 3 aromatic rings. The molecule has 5 heteroatoms. The van der Waals surface area contributed by atoms with Crippen LogP contribution in [0.1, 0.15) is 36.8 Å². The molecule has 0 radical (unpaired) electrons. The van der Waals surface area contributed by atoms with E-state index in [1.165, 1.54) is 35.9 Å². The molecule has 1 aromatic heterocycles. The van der Waals surface area contributed by atoms with Gasteiger partial charge in [-0.2, -0.15) is 0 Å². The SMILES string of the molecule is CCc1ccc(OC)c(SNc2noc3cc(C4CC4)ccc23)c1. The van der Waals surface area contributed by atoms with Crippen molar-refractivity contribution in [3.63, 3.8) is 0 Å². The molecule has 0 aliphatic heterocycles. The summed E-state index contributed by atoms with van der Waals surface area (Å²) < 4.78 is 14.3. The molecule has 1 saturated carbocycles. The fourth-order valence-corrected chi connectivity index (χ4v) is 3.64. The van der Waals surface area contributed by atoms with Crippen LogP contribution >= 0.6 is 11.9 Å². The maximum atomic E-state index is 5.50. The highest BCUT2D eigenvalue weighted by atomic mass is 32.2. The van der Waals surface area contributed by atoms with Crippen LogP contribution in [0.3, 0.4) is 0 Å². The molecular weight excluding hydrogens is 320 g/mol. The van der Waals surface area contributed by atoms with Crippen molar-refractivity contribution in [2.75, 3.05) is 11.8 Å². The first-order valence-corrected chi connectivity index (χ1v) is 9.09. The number of anilines is 1. The lowest BCUT2D eigenvalue weighted by atomic mass is 10.1. The third kappa shape index (κ3) is 2.96. The Balaban J connectivity index is 1.56. The highest BCUT2D eigenvalue weighted by Gasteiger charge is 2.24. The van der Waals surface area contributed by atoms with E-state index in [-0.39, 0.29) is 0 Å². The van der Waals surface area contributed by atoms with Gasteiger partial charge in [-0.3, -0.25) is 0 Å². The number of fused-ring (bicyclic) bond motifs is 1. The number of aromatic nitrogens is 1. The molecule has 1 heterocycles. The maximum Gasteiger partial charge on any atom is 0.187 e. The van der Waals surface area contributed by atoms with Crippen LogP contribution in [0.25, 0.3) is 11.0 Å². The molecule has 2 aromatic carbocycles. The van der Waals surface area contributed by atoms with Gasteiger partial charge in [-0.25, -0.2) is 0 Å². The van der Waals surface area contributed by atoms with E-state index in [0.717, 1.165) is 33.9 Å². The second kappa shape index (κ2) is 6.40. The molecule has 0 amide bonds. The Morgan fingerprint density at radius 2 is 2.12 bits per heavy atom. The van der Waals surface area contributed by atoms with Gasteiger partial charge in [0.05, 0.1) is 17.4 Å². The first-order chi connectivity index (χ1) is 11.8. The van der Waals surface area contributed by atoms with E-state index in [2.05, 4.69) is 47.1 Å². The van der Waals surface area contributed by atoms with Gasteiger partial charge >= 0.3 is 0 Å². The van der Waals surface area contributed by atoms with Gasteiger partial charge < -0.3 is 14.0 Å². The largest absolute Gasteiger partial charge is 0.496 e. The van der Waals surface area contributed by atoms with E-state index >= 15 is 0 Å². The molecule has 0 spiro atoms. The number of ether oxygens (including phenoxy) is 1. The van der Waals surface area contributed by atoms with E-state index in [4.69, 9.17) is 9.26 Å². The predicted molar refractivity (Wildman–Crippen MR) is 97.8 cm³/mol. The van der Waals surface area contributed by atoms with Gasteiger partial charge in [0.1, 0.15) is 5.75 Å². The van der Waals surface area contributed by atoms with Gasteiger partial charge in [-0.05, 0) is 72.5 Å². The molecule has 124 valence electrons. The van der Waals surface area contributed by atoms with Crippen molar-refractivity contribution >= 4 is 28.7 Å². The summed E-state index contributed by atoms with van der Waals surface area (Å²) in [6.45, 7) is 2.15. The molecule has 0 unspecified atom stereocenters. The second-order valence-electron chi connectivity index (χ2n) is 6.10. The van der Waals surface area contributed by atoms with Crippen LogP contribution in [0.15, 0.2) is 45.8 Å². The van der Waals surface area contributed by atoms with E-state index in [1.807, 2.05) is 6.07 Å². The highest BCUT2D eigenvalue weighted by molar-refractivity contribution is 8.00. The molecule has 0 saturated heterocycles. The van der Waals surface area contributed by atoms with Gasteiger partial charge in [-0.1, -0.05) is 24.2 Å². The molecule has 1 N–H and O–H groups in total. The Bertz CT molecular complexity index is 871. The van der Waals surface area contributed by atoms with Crippen LogP contribution in [-0.2, 0) is 6.42 Å². The standard InChI is InChI=1S/C19H20N2O2S/c1-3-12-4-9-16(22-2)18(10-12)24-21-19-15-8-7-14(13-5-6-13)11-17(15)23-20-19/h4,7-11,13H,3,5-6H2,1-2H3,(H,20,21). The number of nitrogens with zero attached hydrogens (tertiary/aromatic N) is 1. The normalized spacial score (nSPS) is 14.1. The van der Waals surface area contributed by atoms with Crippen molar-refractivity contribution in [2.45, 2.75) is 37.0 Å². The lowest BCUT2D eigenvalue weighted by Crippen LogP contribution is -1.93. The molecule has 4 nitrogen and oxygen atoms in total.